The third kappa shape index (κ3) is 3.04. The van der Waals surface area contributed by atoms with Crippen LogP contribution in [-0.2, 0) is 6.61 Å². The number of aromatic nitrogens is 1. The Kier molecular flexibility index (Phi) is 3.64. The van der Waals surface area contributed by atoms with Crippen LogP contribution in [0.3, 0.4) is 0 Å². The van der Waals surface area contributed by atoms with Gasteiger partial charge < -0.3 is 4.74 Å². The Bertz CT molecular complexity index is 712. The van der Waals surface area contributed by atoms with Gasteiger partial charge in [-0.1, -0.05) is 24.3 Å². The first-order chi connectivity index (χ1) is 9.31. The largest absolute Gasteiger partial charge is 0.489 e. The first-order valence-corrected chi connectivity index (χ1v) is 7.11. The van der Waals surface area contributed by atoms with E-state index in [1.165, 1.54) is 3.57 Å². The molecule has 0 spiro atoms. The molecule has 2 aromatic carbocycles. The average Bonchev–Trinajstić information content (AvgIpc) is 2.45. The minimum atomic E-state index is 0.540. The van der Waals surface area contributed by atoms with E-state index in [0.717, 1.165) is 22.2 Å². The van der Waals surface area contributed by atoms with E-state index >= 15 is 0 Å². The Labute approximate surface area is 125 Å². The zero-order chi connectivity index (χ0) is 13.1. The number of nitrogens with zero attached hydrogens (tertiary/aromatic N) is 1. The van der Waals surface area contributed by atoms with Gasteiger partial charge in [0.2, 0.25) is 0 Å². The Morgan fingerprint density at radius 2 is 1.89 bits per heavy atom. The summed E-state index contributed by atoms with van der Waals surface area (Å²) < 4.78 is 6.95. The van der Waals surface area contributed by atoms with E-state index < -0.39 is 0 Å². The summed E-state index contributed by atoms with van der Waals surface area (Å²) in [5.74, 6) is 0.889. The minimum Gasteiger partial charge on any atom is -0.489 e. The zero-order valence-corrected chi connectivity index (χ0v) is 12.4. The second-order valence-electron chi connectivity index (χ2n) is 4.28. The summed E-state index contributed by atoms with van der Waals surface area (Å²) in [6.45, 7) is 0.540. The molecular formula is C16H12INO. The highest BCUT2D eigenvalue weighted by molar-refractivity contribution is 14.1. The first-order valence-electron chi connectivity index (χ1n) is 6.03. The number of benzene rings is 2. The normalized spacial score (nSPS) is 10.6. The highest BCUT2D eigenvalue weighted by Gasteiger charge is 1.99. The molecule has 0 unspecified atom stereocenters. The highest BCUT2D eigenvalue weighted by atomic mass is 127. The van der Waals surface area contributed by atoms with Gasteiger partial charge in [-0.3, -0.25) is 4.98 Å². The smallest absolute Gasteiger partial charge is 0.120 e. The van der Waals surface area contributed by atoms with Crippen molar-refractivity contribution in [3.8, 4) is 5.75 Å². The fraction of sp³-hybridized carbons (Fsp3) is 0.0625. The fourth-order valence-corrected chi connectivity index (χ4v) is 2.43. The number of rotatable bonds is 3. The summed E-state index contributed by atoms with van der Waals surface area (Å²) in [5.41, 5.74) is 2.10. The third-order valence-corrected chi connectivity index (χ3v) is 3.52. The van der Waals surface area contributed by atoms with Crippen LogP contribution in [0.25, 0.3) is 10.9 Å². The van der Waals surface area contributed by atoms with E-state index in [1.54, 1.807) is 0 Å². The van der Waals surface area contributed by atoms with E-state index in [2.05, 4.69) is 39.7 Å². The average molecular weight is 361 g/mol. The number of pyridine rings is 1. The highest BCUT2D eigenvalue weighted by Crippen LogP contribution is 2.18. The molecule has 19 heavy (non-hydrogen) atoms. The molecule has 2 nitrogen and oxygen atoms in total. The van der Waals surface area contributed by atoms with Crippen LogP contribution in [-0.4, -0.2) is 4.98 Å². The molecule has 0 saturated heterocycles. The topological polar surface area (TPSA) is 22.1 Å². The quantitative estimate of drug-likeness (QED) is 0.645. The van der Waals surface area contributed by atoms with Crippen LogP contribution < -0.4 is 4.74 Å². The van der Waals surface area contributed by atoms with Crippen molar-refractivity contribution in [3.63, 3.8) is 0 Å². The van der Waals surface area contributed by atoms with Crippen molar-refractivity contribution in [2.75, 3.05) is 0 Å². The maximum absolute atomic E-state index is 5.78. The van der Waals surface area contributed by atoms with Crippen LogP contribution in [0, 0.1) is 3.57 Å². The lowest BCUT2D eigenvalue weighted by Crippen LogP contribution is -1.96. The molecule has 94 valence electrons. The second-order valence-corrected chi connectivity index (χ2v) is 5.53. The molecular weight excluding hydrogens is 349 g/mol. The summed E-state index contributed by atoms with van der Waals surface area (Å²) in [4.78, 5) is 4.43. The van der Waals surface area contributed by atoms with Gasteiger partial charge >= 0.3 is 0 Å². The van der Waals surface area contributed by atoms with Crippen LogP contribution in [0.1, 0.15) is 5.56 Å². The first kappa shape index (κ1) is 12.4. The van der Waals surface area contributed by atoms with E-state index in [9.17, 15) is 0 Å². The van der Waals surface area contributed by atoms with Gasteiger partial charge in [0.25, 0.3) is 0 Å². The molecule has 0 saturated carbocycles. The maximum Gasteiger partial charge on any atom is 0.120 e. The van der Waals surface area contributed by atoms with Gasteiger partial charge in [0.1, 0.15) is 12.4 Å². The predicted octanol–water partition coefficient (Wildman–Crippen LogP) is 4.42. The van der Waals surface area contributed by atoms with Gasteiger partial charge in [0.05, 0.1) is 5.52 Å². The molecule has 0 aliphatic carbocycles. The molecule has 0 radical (unpaired) electrons. The Balaban J connectivity index is 1.78. The van der Waals surface area contributed by atoms with E-state index in [1.807, 2.05) is 48.7 Å². The SMILES string of the molecule is Ic1cccc(OCc2cnc3ccccc3c2)c1. The van der Waals surface area contributed by atoms with E-state index in [-0.39, 0.29) is 0 Å². The summed E-state index contributed by atoms with van der Waals surface area (Å²) in [7, 11) is 0. The van der Waals surface area contributed by atoms with Crippen molar-refractivity contribution in [1.29, 1.82) is 0 Å². The van der Waals surface area contributed by atoms with Gasteiger partial charge in [0.15, 0.2) is 0 Å². The summed E-state index contributed by atoms with van der Waals surface area (Å²) in [6, 6.07) is 18.3. The van der Waals surface area contributed by atoms with Crippen LogP contribution in [0.2, 0.25) is 0 Å². The van der Waals surface area contributed by atoms with Crippen molar-refractivity contribution < 1.29 is 4.74 Å². The molecule has 0 aliphatic heterocycles. The lowest BCUT2D eigenvalue weighted by atomic mass is 10.2. The number of hydrogen-bond acceptors (Lipinski definition) is 2. The molecule has 1 heterocycles. The summed E-state index contributed by atoms with van der Waals surface area (Å²) in [6.07, 6.45) is 1.87. The Morgan fingerprint density at radius 3 is 2.79 bits per heavy atom. The number of fused-ring (bicyclic) bond motifs is 1. The van der Waals surface area contributed by atoms with Crippen molar-refractivity contribution in [3.05, 3.63) is 69.9 Å². The molecule has 1 aromatic heterocycles. The fourth-order valence-electron chi connectivity index (χ4n) is 1.92. The van der Waals surface area contributed by atoms with Gasteiger partial charge in [0, 0.05) is 20.7 Å². The molecule has 3 rings (SSSR count). The molecule has 3 aromatic rings. The lowest BCUT2D eigenvalue weighted by Gasteiger charge is -2.07. The molecule has 0 fully saturated rings. The Hall–Kier alpha value is -1.62. The van der Waals surface area contributed by atoms with Crippen LogP contribution >= 0.6 is 22.6 Å². The number of halogens is 1. The van der Waals surface area contributed by atoms with E-state index in [4.69, 9.17) is 4.74 Å². The van der Waals surface area contributed by atoms with Gasteiger partial charge in [-0.2, -0.15) is 0 Å². The van der Waals surface area contributed by atoms with Gasteiger partial charge in [-0.05, 0) is 52.9 Å². The van der Waals surface area contributed by atoms with Crippen LogP contribution in [0.4, 0.5) is 0 Å². The number of ether oxygens (including phenoxy) is 1. The zero-order valence-electron chi connectivity index (χ0n) is 10.2. The lowest BCUT2D eigenvalue weighted by molar-refractivity contribution is 0.306. The number of para-hydroxylation sites is 1. The molecule has 0 atom stereocenters. The van der Waals surface area contributed by atoms with Crippen molar-refractivity contribution in [1.82, 2.24) is 4.98 Å². The standard InChI is InChI=1S/C16H12INO/c17-14-5-3-6-15(9-14)19-11-12-8-13-4-1-2-7-16(13)18-10-12/h1-10H,11H2. The molecule has 0 amide bonds. The molecule has 0 aliphatic rings. The van der Waals surface area contributed by atoms with Gasteiger partial charge in [-0.15, -0.1) is 0 Å². The number of hydrogen-bond donors (Lipinski definition) is 0. The van der Waals surface area contributed by atoms with E-state index in [0.29, 0.717) is 6.61 Å². The molecule has 0 N–H and O–H groups in total. The molecule has 3 heteroatoms. The van der Waals surface area contributed by atoms with Crippen LogP contribution in [0.5, 0.6) is 5.75 Å². The molecule has 0 bridgehead atoms. The van der Waals surface area contributed by atoms with Crippen molar-refractivity contribution in [2.45, 2.75) is 6.61 Å². The maximum atomic E-state index is 5.78. The summed E-state index contributed by atoms with van der Waals surface area (Å²) in [5, 5.41) is 1.14. The monoisotopic (exact) mass is 361 g/mol. The minimum absolute atomic E-state index is 0.540. The summed E-state index contributed by atoms with van der Waals surface area (Å²) >= 11 is 2.28. The van der Waals surface area contributed by atoms with Crippen molar-refractivity contribution in [2.24, 2.45) is 0 Å². The van der Waals surface area contributed by atoms with Crippen molar-refractivity contribution >= 4 is 33.5 Å². The van der Waals surface area contributed by atoms with Gasteiger partial charge in [-0.25, -0.2) is 0 Å². The second kappa shape index (κ2) is 5.57. The Morgan fingerprint density at radius 1 is 1.00 bits per heavy atom. The third-order valence-electron chi connectivity index (χ3n) is 2.85. The van der Waals surface area contributed by atoms with Crippen LogP contribution in [0.15, 0.2) is 60.8 Å². The predicted molar refractivity (Wildman–Crippen MR) is 85.2 cm³/mol.